The Labute approximate surface area is 124 Å². The zero-order valence-corrected chi connectivity index (χ0v) is 12.3. The first-order valence-corrected chi connectivity index (χ1v) is 5.48. The minimum Gasteiger partial charge on any atom is -0.491 e. The van der Waals surface area contributed by atoms with Gasteiger partial charge in [0.25, 0.3) is 0 Å². The van der Waals surface area contributed by atoms with Crippen LogP contribution < -0.4 is 15.8 Å². The zero-order valence-electron chi connectivity index (χ0n) is 9.12. The van der Waals surface area contributed by atoms with Gasteiger partial charge in [-0.2, -0.15) is 0 Å². The van der Waals surface area contributed by atoms with E-state index >= 15 is 0 Å². The molecule has 0 aliphatic rings. The average Bonchev–Trinajstić information content (AvgIpc) is 2.20. The summed E-state index contributed by atoms with van der Waals surface area (Å²) in [4.78, 5) is 0. The minimum atomic E-state index is 0. The Bertz CT molecular complexity index is 312. The fourth-order valence-electron chi connectivity index (χ4n) is 1.05. The summed E-state index contributed by atoms with van der Waals surface area (Å²) in [5, 5.41) is 4.25. The summed E-state index contributed by atoms with van der Waals surface area (Å²) in [7, 11) is 0. The summed E-state index contributed by atoms with van der Waals surface area (Å²) in [5.41, 5.74) is 5.32. The summed E-state index contributed by atoms with van der Waals surface area (Å²) in [5.74, 6) is 0.649. The molecule has 0 saturated carbocycles. The molecule has 0 spiro atoms. The standard InChI is InChI=1S/C10H14Cl2N2O.2ClH/c11-8-1-2-10(9(12)7-8)15-6-5-14-4-3-13;;/h1-2,7,14H,3-6,13H2;2*1H. The third kappa shape index (κ3) is 7.92. The van der Waals surface area contributed by atoms with Crippen molar-refractivity contribution in [3.63, 3.8) is 0 Å². The van der Waals surface area contributed by atoms with E-state index in [9.17, 15) is 0 Å². The van der Waals surface area contributed by atoms with Crippen LogP contribution in [-0.4, -0.2) is 26.2 Å². The first-order chi connectivity index (χ1) is 7.24. The van der Waals surface area contributed by atoms with Gasteiger partial charge in [0.15, 0.2) is 0 Å². The third-order valence-corrected chi connectivity index (χ3v) is 2.28. The Morgan fingerprint density at radius 2 is 1.88 bits per heavy atom. The van der Waals surface area contributed by atoms with Gasteiger partial charge in [-0.1, -0.05) is 23.2 Å². The molecule has 0 unspecified atom stereocenters. The lowest BCUT2D eigenvalue weighted by Gasteiger charge is -2.08. The summed E-state index contributed by atoms with van der Waals surface area (Å²) < 4.78 is 5.44. The van der Waals surface area contributed by atoms with Gasteiger partial charge < -0.3 is 15.8 Å². The molecule has 0 heterocycles. The van der Waals surface area contributed by atoms with Crippen LogP contribution in [0, 0.1) is 0 Å². The highest BCUT2D eigenvalue weighted by Gasteiger charge is 2.01. The zero-order chi connectivity index (χ0) is 11.1. The van der Waals surface area contributed by atoms with Crippen molar-refractivity contribution in [1.29, 1.82) is 0 Å². The van der Waals surface area contributed by atoms with Gasteiger partial charge in [0.2, 0.25) is 0 Å². The molecule has 0 aromatic heterocycles. The normalized spacial score (nSPS) is 9.12. The maximum absolute atomic E-state index is 5.92. The summed E-state index contributed by atoms with van der Waals surface area (Å²) in [6.07, 6.45) is 0. The van der Waals surface area contributed by atoms with E-state index in [1.54, 1.807) is 18.2 Å². The molecule has 0 amide bonds. The fourth-order valence-corrected chi connectivity index (χ4v) is 1.52. The van der Waals surface area contributed by atoms with Crippen molar-refractivity contribution in [3.05, 3.63) is 28.2 Å². The van der Waals surface area contributed by atoms with Crippen LogP contribution in [0.4, 0.5) is 0 Å². The third-order valence-electron chi connectivity index (χ3n) is 1.75. The number of nitrogens with two attached hydrogens (primary N) is 1. The number of hydrogen-bond acceptors (Lipinski definition) is 3. The quantitative estimate of drug-likeness (QED) is 0.792. The fraction of sp³-hybridized carbons (Fsp3) is 0.400. The van der Waals surface area contributed by atoms with Crippen molar-refractivity contribution < 1.29 is 4.74 Å². The van der Waals surface area contributed by atoms with Crippen LogP contribution in [-0.2, 0) is 0 Å². The van der Waals surface area contributed by atoms with Gasteiger partial charge in [-0.3, -0.25) is 0 Å². The molecule has 0 fully saturated rings. The molecular formula is C10H16Cl4N2O. The number of rotatable bonds is 6. The van der Waals surface area contributed by atoms with Gasteiger partial charge in [0.05, 0.1) is 5.02 Å². The Kier molecular flexibility index (Phi) is 12.8. The van der Waals surface area contributed by atoms with E-state index in [1.807, 2.05) is 0 Å². The van der Waals surface area contributed by atoms with E-state index in [2.05, 4.69) is 5.32 Å². The van der Waals surface area contributed by atoms with Crippen molar-refractivity contribution in [2.24, 2.45) is 5.73 Å². The molecule has 1 rings (SSSR count). The highest BCUT2D eigenvalue weighted by Crippen LogP contribution is 2.27. The van der Waals surface area contributed by atoms with Gasteiger partial charge in [0.1, 0.15) is 12.4 Å². The maximum Gasteiger partial charge on any atom is 0.138 e. The van der Waals surface area contributed by atoms with E-state index in [4.69, 9.17) is 33.7 Å². The molecule has 1 aromatic carbocycles. The van der Waals surface area contributed by atoms with E-state index < -0.39 is 0 Å². The Balaban J connectivity index is 0. The van der Waals surface area contributed by atoms with Crippen molar-refractivity contribution in [2.45, 2.75) is 0 Å². The van der Waals surface area contributed by atoms with Crippen LogP contribution in [0.15, 0.2) is 18.2 Å². The predicted octanol–water partition coefficient (Wildman–Crippen LogP) is 2.76. The second-order valence-corrected chi connectivity index (χ2v) is 3.81. The van der Waals surface area contributed by atoms with Crippen LogP contribution in [0.5, 0.6) is 5.75 Å². The van der Waals surface area contributed by atoms with E-state index in [-0.39, 0.29) is 24.8 Å². The SMILES string of the molecule is Cl.Cl.NCCNCCOc1ccc(Cl)cc1Cl. The van der Waals surface area contributed by atoms with Crippen LogP contribution in [0.3, 0.4) is 0 Å². The van der Waals surface area contributed by atoms with Gasteiger partial charge in [-0.15, -0.1) is 24.8 Å². The van der Waals surface area contributed by atoms with E-state index in [1.165, 1.54) is 0 Å². The molecule has 0 aliphatic heterocycles. The van der Waals surface area contributed by atoms with Gasteiger partial charge in [0, 0.05) is 24.7 Å². The largest absolute Gasteiger partial charge is 0.491 e. The predicted molar refractivity (Wildman–Crippen MR) is 78.4 cm³/mol. The molecule has 3 N–H and O–H groups in total. The van der Waals surface area contributed by atoms with Crippen molar-refractivity contribution in [1.82, 2.24) is 5.32 Å². The molecule has 0 aliphatic carbocycles. The highest BCUT2D eigenvalue weighted by atomic mass is 35.5. The molecule has 0 bridgehead atoms. The molecule has 7 heteroatoms. The number of benzene rings is 1. The first-order valence-electron chi connectivity index (χ1n) is 4.72. The summed E-state index contributed by atoms with van der Waals surface area (Å²) in [6.45, 7) is 2.72. The number of hydrogen-bond donors (Lipinski definition) is 2. The second-order valence-electron chi connectivity index (χ2n) is 2.96. The lowest BCUT2D eigenvalue weighted by atomic mass is 10.3. The van der Waals surface area contributed by atoms with E-state index in [0.29, 0.717) is 28.9 Å². The lowest BCUT2D eigenvalue weighted by Crippen LogP contribution is -2.26. The highest BCUT2D eigenvalue weighted by molar-refractivity contribution is 6.35. The molecule has 0 atom stereocenters. The smallest absolute Gasteiger partial charge is 0.138 e. The Morgan fingerprint density at radius 3 is 2.47 bits per heavy atom. The molecule has 3 nitrogen and oxygen atoms in total. The van der Waals surface area contributed by atoms with Gasteiger partial charge in [-0.05, 0) is 18.2 Å². The minimum absolute atomic E-state index is 0. The summed E-state index contributed by atoms with van der Waals surface area (Å²) in [6, 6.07) is 5.16. The Hall–Kier alpha value is 0.1000. The molecule has 0 saturated heterocycles. The molecule has 17 heavy (non-hydrogen) atoms. The van der Waals surface area contributed by atoms with Crippen molar-refractivity contribution in [2.75, 3.05) is 26.2 Å². The lowest BCUT2D eigenvalue weighted by molar-refractivity contribution is 0.315. The van der Waals surface area contributed by atoms with E-state index in [0.717, 1.165) is 13.1 Å². The van der Waals surface area contributed by atoms with Crippen LogP contribution in [0.25, 0.3) is 0 Å². The molecular weight excluding hydrogens is 306 g/mol. The monoisotopic (exact) mass is 320 g/mol. The van der Waals surface area contributed by atoms with Crippen molar-refractivity contribution in [3.8, 4) is 5.75 Å². The second kappa shape index (κ2) is 11.2. The van der Waals surface area contributed by atoms with Gasteiger partial charge >= 0.3 is 0 Å². The summed E-state index contributed by atoms with van der Waals surface area (Å²) >= 11 is 11.7. The Morgan fingerprint density at radius 1 is 1.18 bits per heavy atom. The number of nitrogens with one attached hydrogen (secondary N) is 1. The van der Waals surface area contributed by atoms with Crippen LogP contribution in [0.2, 0.25) is 10.0 Å². The average molecular weight is 322 g/mol. The molecule has 0 radical (unpaired) electrons. The van der Waals surface area contributed by atoms with Crippen LogP contribution in [0.1, 0.15) is 0 Å². The van der Waals surface area contributed by atoms with Gasteiger partial charge in [-0.25, -0.2) is 0 Å². The topological polar surface area (TPSA) is 47.3 Å². The van der Waals surface area contributed by atoms with Crippen LogP contribution >= 0.6 is 48.0 Å². The molecule has 1 aromatic rings. The molecule has 100 valence electrons. The van der Waals surface area contributed by atoms with Crippen molar-refractivity contribution >= 4 is 48.0 Å². The first kappa shape index (κ1) is 19.4. The maximum atomic E-state index is 5.92. The number of ether oxygens (including phenoxy) is 1. The number of halogens is 4.